The lowest BCUT2D eigenvalue weighted by Gasteiger charge is -2.08. The fourth-order valence-electron chi connectivity index (χ4n) is 1.95. The molecule has 0 fully saturated rings. The highest BCUT2D eigenvalue weighted by Crippen LogP contribution is 2.19. The van der Waals surface area contributed by atoms with Crippen LogP contribution in [0, 0.1) is 0 Å². The summed E-state index contributed by atoms with van der Waals surface area (Å²) in [5.41, 5.74) is 0.891. The van der Waals surface area contributed by atoms with Crippen LogP contribution in [-0.2, 0) is 6.61 Å². The maximum absolute atomic E-state index is 11.1. The summed E-state index contributed by atoms with van der Waals surface area (Å²) in [6.07, 6.45) is 1.61. The van der Waals surface area contributed by atoms with Gasteiger partial charge in [-0.05, 0) is 17.7 Å². The van der Waals surface area contributed by atoms with Crippen molar-refractivity contribution in [3.8, 4) is 11.7 Å². The minimum absolute atomic E-state index is 0.0892. The normalized spacial score (nSPS) is 10.4. The Balaban J connectivity index is 1.90. The lowest BCUT2D eigenvalue weighted by Crippen LogP contribution is -2.05. The summed E-state index contributed by atoms with van der Waals surface area (Å²) in [5, 5.41) is 13.1. The van der Waals surface area contributed by atoms with Gasteiger partial charge in [-0.15, -0.1) is 0 Å². The number of hydrogen-bond donors (Lipinski definition) is 1. The minimum atomic E-state index is -1.11. The number of hydrogen-bond acceptors (Lipinski definition) is 4. The van der Waals surface area contributed by atoms with Crippen LogP contribution in [0.3, 0.4) is 0 Å². The Morgan fingerprint density at radius 3 is 2.59 bits per heavy atom. The van der Waals surface area contributed by atoms with E-state index in [-0.39, 0.29) is 5.69 Å². The Hall–Kier alpha value is -3.15. The molecule has 3 rings (SSSR count). The first-order valence-corrected chi connectivity index (χ1v) is 6.65. The Labute approximate surface area is 126 Å². The summed E-state index contributed by atoms with van der Waals surface area (Å²) in [6, 6.07) is 16.3. The van der Waals surface area contributed by atoms with E-state index in [2.05, 4.69) is 10.1 Å². The highest BCUT2D eigenvalue weighted by molar-refractivity contribution is 5.85. The largest absolute Gasteiger partial charge is 0.476 e. The number of carboxylic acids is 1. The van der Waals surface area contributed by atoms with E-state index in [1.807, 2.05) is 30.3 Å². The van der Waals surface area contributed by atoms with Gasteiger partial charge in [0.15, 0.2) is 11.5 Å². The number of benzene rings is 1. The standard InChI is InChI=1S/C16H13N3O3/c20-16(21)13-10-15(22-11-12-6-2-1-3-7-12)19(18-13)14-8-4-5-9-17-14/h1-10H,11H2,(H,20,21). The average Bonchev–Trinajstić information content (AvgIpc) is 2.99. The predicted octanol–water partition coefficient (Wildman–Crippen LogP) is 2.54. The van der Waals surface area contributed by atoms with E-state index in [1.165, 1.54) is 10.7 Å². The van der Waals surface area contributed by atoms with Crippen molar-refractivity contribution in [1.29, 1.82) is 0 Å². The molecule has 0 aliphatic heterocycles. The molecular weight excluding hydrogens is 282 g/mol. The molecule has 2 heterocycles. The molecule has 0 radical (unpaired) electrons. The molecule has 110 valence electrons. The average molecular weight is 295 g/mol. The van der Waals surface area contributed by atoms with Gasteiger partial charge in [-0.1, -0.05) is 36.4 Å². The zero-order valence-corrected chi connectivity index (χ0v) is 11.6. The molecule has 0 bridgehead atoms. The van der Waals surface area contributed by atoms with Crippen molar-refractivity contribution in [3.63, 3.8) is 0 Å². The first kappa shape index (κ1) is 13.8. The van der Waals surface area contributed by atoms with Crippen molar-refractivity contribution in [1.82, 2.24) is 14.8 Å². The molecule has 0 saturated carbocycles. The molecule has 1 N–H and O–H groups in total. The summed E-state index contributed by atoms with van der Waals surface area (Å²) in [7, 11) is 0. The Kier molecular flexibility index (Phi) is 3.82. The number of carboxylic acid groups (broad SMARTS) is 1. The monoisotopic (exact) mass is 295 g/mol. The zero-order chi connectivity index (χ0) is 15.4. The van der Waals surface area contributed by atoms with Gasteiger partial charge in [0.05, 0.1) is 0 Å². The molecule has 22 heavy (non-hydrogen) atoms. The van der Waals surface area contributed by atoms with Crippen molar-refractivity contribution in [2.24, 2.45) is 0 Å². The second-order valence-electron chi connectivity index (χ2n) is 4.55. The lowest BCUT2D eigenvalue weighted by atomic mass is 10.2. The van der Waals surface area contributed by atoms with Gasteiger partial charge < -0.3 is 9.84 Å². The number of pyridine rings is 1. The highest BCUT2D eigenvalue weighted by Gasteiger charge is 2.16. The van der Waals surface area contributed by atoms with Gasteiger partial charge in [0.1, 0.15) is 6.61 Å². The lowest BCUT2D eigenvalue weighted by molar-refractivity contribution is 0.0690. The first-order valence-electron chi connectivity index (χ1n) is 6.65. The number of aromatic nitrogens is 3. The molecular formula is C16H13N3O3. The molecule has 2 aromatic heterocycles. The molecule has 0 saturated heterocycles. The van der Waals surface area contributed by atoms with Crippen LogP contribution in [-0.4, -0.2) is 25.8 Å². The maximum Gasteiger partial charge on any atom is 0.356 e. The van der Waals surface area contributed by atoms with Crippen LogP contribution in [0.1, 0.15) is 16.1 Å². The molecule has 0 atom stereocenters. The van der Waals surface area contributed by atoms with E-state index in [0.29, 0.717) is 18.3 Å². The van der Waals surface area contributed by atoms with Crippen LogP contribution < -0.4 is 4.74 Å². The number of nitrogens with zero attached hydrogens (tertiary/aromatic N) is 3. The third-order valence-electron chi connectivity index (χ3n) is 2.99. The van der Waals surface area contributed by atoms with Gasteiger partial charge in [-0.3, -0.25) is 0 Å². The van der Waals surface area contributed by atoms with Crippen LogP contribution in [0.15, 0.2) is 60.8 Å². The van der Waals surface area contributed by atoms with Crippen molar-refractivity contribution >= 4 is 5.97 Å². The number of ether oxygens (including phenoxy) is 1. The molecule has 0 amide bonds. The summed E-state index contributed by atoms with van der Waals surface area (Å²) in [4.78, 5) is 15.3. The fourth-order valence-corrected chi connectivity index (χ4v) is 1.95. The molecule has 1 aromatic carbocycles. The number of aromatic carboxylic acids is 1. The third kappa shape index (κ3) is 2.95. The first-order chi connectivity index (χ1) is 10.7. The van der Waals surface area contributed by atoms with Crippen molar-refractivity contribution in [3.05, 3.63) is 72.1 Å². The van der Waals surface area contributed by atoms with E-state index in [4.69, 9.17) is 9.84 Å². The molecule has 0 unspecified atom stereocenters. The second kappa shape index (κ2) is 6.09. The van der Waals surface area contributed by atoms with Crippen LogP contribution in [0.5, 0.6) is 5.88 Å². The molecule has 0 spiro atoms. The van der Waals surface area contributed by atoms with Crippen LogP contribution in [0.25, 0.3) is 5.82 Å². The highest BCUT2D eigenvalue weighted by atomic mass is 16.5. The summed E-state index contributed by atoms with van der Waals surface area (Å²) in [5.74, 6) is -0.280. The minimum Gasteiger partial charge on any atom is -0.476 e. The Morgan fingerprint density at radius 2 is 1.91 bits per heavy atom. The van der Waals surface area contributed by atoms with Gasteiger partial charge >= 0.3 is 5.97 Å². The number of carbonyl (C=O) groups is 1. The van der Waals surface area contributed by atoms with Crippen LogP contribution >= 0.6 is 0 Å². The van der Waals surface area contributed by atoms with Gasteiger partial charge in [-0.25, -0.2) is 9.78 Å². The van der Waals surface area contributed by atoms with Gasteiger partial charge in [0.25, 0.3) is 0 Å². The van der Waals surface area contributed by atoms with Crippen molar-refractivity contribution < 1.29 is 14.6 Å². The van der Waals surface area contributed by atoms with E-state index in [1.54, 1.807) is 24.4 Å². The van der Waals surface area contributed by atoms with Gasteiger partial charge in [0.2, 0.25) is 5.88 Å². The summed E-state index contributed by atoms with van der Waals surface area (Å²) >= 11 is 0. The van der Waals surface area contributed by atoms with E-state index < -0.39 is 5.97 Å². The van der Waals surface area contributed by atoms with Gasteiger partial charge in [0, 0.05) is 12.3 Å². The third-order valence-corrected chi connectivity index (χ3v) is 2.99. The smallest absolute Gasteiger partial charge is 0.356 e. The fraction of sp³-hybridized carbons (Fsp3) is 0.0625. The molecule has 0 aliphatic carbocycles. The van der Waals surface area contributed by atoms with Crippen LogP contribution in [0.2, 0.25) is 0 Å². The summed E-state index contributed by atoms with van der Waals surface area (Å²) < 4.78 is 7.09. The Morgan fingerprint density at radius 1 is 1.14 bits per heavy atom. The van der Waals surface area contributed by atoms with Gasteiger partial charge in [-0.2, -0.15) is 9.78 Å². The molecule has 6 nitrogen and oxygen atoms in total. The topological polar surface area (TPSA) is 77.2 Å². The summed E-state index contributed by atoms with van der Waals surface area (Å²) in [6.45, 7) is 0.318. The second-order valence-corrected chi connectivity index (χ2v) is 4.55. The molecule has 3 aromatic rings. The Bertz CT molecular complexity index is 770. The van der Waals surface area contributed by atoms with E-state index in [9.17, 15) is 4.79 Å². The van der Waals surface area contributed by atoms with Crippen molar-refractivity contribution in [2.75, 3.05) is 0 Å². The molecule has 6 heteroatoms. The van der Waals surface area contributed by atoms with E-state index >= 15 is 0 Å². The number of rotatable bonds is 5. The quantitative estimate of drug-likeness (QED) is 0.782. The predicted molar refractivity (Wildman–Crippen MR) is 79.1 cm³/mol. The van der Waals surface area contributed by atoms with E-state index in [0.717, 1.165) is 5.56 Å². The SMILES string of the molecule is O=C(O)c1cc(OCc2ccccc2)n(-c2ccccn2)n1. The van der Waals surface area contributed by atoms with Crippen LogP contribution in [0.4, 0.5) is 0 Å². The van der Waals surface area contributed by atoms with Crippen molar-refractivity contribution in [2.45, 2.75) is 6.61 Å². The zero-order valence-electron chi connectivity index (χ0n) is 11.6. The molecule has 0 aliphatic rings. The maximum atomic E-state index is 11.1.